The third-order valence-electron chi connectivity index (χ3n) is 3.34. The molecule has 3 aromatic rings. The maximum atomic E-state index is 12.2. The van der Waals surface area contributed by atoms with Crippen LogP contribution in [0.5, 0.6) is 0 Å². The van der Waals surface area contributed by atoms with Crippen LogP contribution in [0.2, 0.25) is 5.02 Å². The lowest BCUT2D eigenvalue weighted by Crippen LogP contribution is -2.15. The van der Waals surface area contributed by atoms with E-state index in [0.29, 0.717) is 16.2 Å². The van der Waals surface area contributed by atoms with Crippen LogP contribution in [-0.4, -0.2) is 10.8 Å². The fourth-order valence-corrected chi connectivity index (χ4v) is 2.47. The van der Waals surface area contributed by atoms with Crippen LogP contribution in [0, 0.1) is 10.1 Å². The maximum absolute atomic E-state index is 12.2. The topological polar surface area (TPSA) is 85.4 Å². The van der Waals surface area contributed by atoms with Gasteiger partial charge in [-0.25, -0.2) is 0 Å². The average Bonchev–Trinajstić information content (AvgIpc) is 2.90. The Bertz CT molecular complexity index is 904. The molecular weight excluding hydrogens is 320 g/mol. The van der Waals surface area contributed by atoms with Crippen molar-refractivity contribution in [3.05, 3.63) is 69.4 Å². The Balaban J connectivity index is 1.82. The Morgan fingerprint density at radius 3 is 2.83 bits per heavy atom. The lowest BCUT2D eigenvalue weighted by Gasteiger charge is -2.05. The molecule has 0 spiro atoms. The van der Waals surface area contributed by atoms with E-state index in [1.807, 2.05) is 0 Å². The highest BCUT2D eigenvalue weighted by Crippen LogP contribution is 2.26. The monoisotopic (exact) mass is 330 g/mol. The Morgan fingerprint density at radius 2 is 2.04 bits per heavy atom. The molecule has 0 radical (unpaired) electrons. The van der Waals surface area contributed by atoms with Crippen LogP contribution >= 0.6 is 11.6 Å². The molecule has 0 bridgehead atoms. The largest absolute Gasteiger partial charge is 0.464 e. The summed E-state index contributed by atoms with van der Waals surface area (Å²) in [5.74, 6) is -0.373. The number of nitro groups is 1. The average molecular weight is 331 g/mol. The van der Waals surface area contributed by atoms with Crippen molar-refractivity contribution in [1.82, 2.24) is 0 Å². The fraction of sp³-hybridized carbons (Fsp3) is 0.0625. The van der Waals surface area contributed by atoms with Crippen molar-refractivity contribution in [2.24, 2.45) is 0 Å². The van der Waals surface area contributed by atoms with Crippen LogP contribution < -0.4 is 5.32 Å². The Morgan fingerprint density at radius 1 is 1.26 bits per heavy atom. The number of nitro benzene ring substituents is 1. The molecule has 23 heavy (non-hydrogen) atoms. The first kappa shape index (κ1) is 15.1. The van der Waals surface area contributed by atoms with E-state index in [9.17, 15) is 14.9 Å². The van der Waals surface area contributed by atoms with Gasteiger partial charge in [0.25, 0.3) is 5.69 Å². The summed E-state index contributed by atoms with van der Waals surface area (Å²) < 4.78 is 5.37. The molecule has 7 heteroatoms. The Labute approximate surface area is 135 Å². The van der Waals surface area contributed by atoms with Gasteiger partial charge in [-0.2, -0.15) is 0 Å². The predicted octanol–water partition coefficient (Wildman–Crippen LogP) is 4.18. The summed E-state index contributed by atoms with van der Waals surface area (Å²) in [6.45, 7) is 0. The third kappa shape index (κ3) is 3.17. The minimum absolute atomic E-state index is 0.0272. The summed E-state index contributed by atoms with van der Waals surface area (Å²) in [6, 6.07) is 11.1. The minimum atomic E-state index is -0.539. The number of halogens is 1. The number of nitrogens with zero attached hydrogens (tertiary/aromatic N) is 1. The molecule has 1 amide bonds. The summed E-state index contributed by atoms with van der Waals surface area (Å²) in [5, 5.41) is 14.8. The molecule has 6 nitrogen and oxygen atoms in total. The van der Waals surface area contributed by atoms with Crippen LogP contribution in [0.15, 0.2) is 53.1 Å². The van der Waals surface area contributed by atoms with Gasteiger partial charge >= 0.3 is 0 Å². The van der Waals surface area contributed by atoms with E-state index in [1.54, 1.807) is 30.3 Å². The summed E-state index contributed by atoms with van der Waals surface area (Å²) >= 11 is 5.95. The number of hydrogen-bond acceptors (Lipinski definition) is 4. The van der Waals surface area contributed by atoms with Crippen molar-refractivity contribution in [3.8, 4) is 0 Å². The van der Waals surface area contributed by atoms with Gasteiger partial charge < -0.3 is 9.73 Å². The second kappa shape index (κ2) is 6.10. The number of hydrogen-bond donors (Lipinski definition) is 1. The van der Waals surface area contributed by atoms with Crippen LogP contribution in [0.25, 0.3) is 11.0 Å². The summed E-state index contributed by atoms with van der Waals surface area (Å²) in [7, 11) is 0. The maximum Gasteiger partial charge on any atom is 0.292 e. The zero-order valence-corrected chi connectivity index (χ0v) is 12.5. The van der Waals surface area contributed by atoms with Gasteiger partial charge in [0.2, 0.25) is 5.91 Å². The van der Waals surface area contributed by atoms with E-state index in [0.717, 1.165) is 5.39 Å². The number of para-hydroxylation sites is 2. The zero-order valence-electron chi connectivity index (χ0n) is 11.8. The molecule has 0 fully saturated rings. The molecule has 3 rings (SSSR count). The van der Waals surface area contributed by atoms with E-state index >= 15 is 0 Å². The first-order chi connectivity index (χ1) is 11.0. The van der Waals surface area contributed by atoms with Crippen molar-refractivity contribution in [1.29, 1.82) is 0 Å². The van der Waals surface area contributed by atoms with Crippen LogP contribution in [0.4, 0.5) is 11.4 Å². The summed E-state index contributed by atoms with van der Waals surface area (Å²) in [6.07, 6.45) is 1.51. The zero-order chi connectivity index (χ0) is 16.4. The number of nitrogens with one attached hydrogen (secondary N) is 1. The molecule has 1 N–H and O–H groups in total. The number of carbonyl (C=O) groups is 1. The quantitative estimate of drug-likeness (QED) is 0.574. The molecule has 0 aliphatic carbocycles. The summed E-state index contributed by atoms with van der Waals surface area (Å²) in [5.41, 5.74) is 1.30. The van der Waals surface area contributed by atoms with E-state index in [-0.39, 0.29) is 23.7 Å². The number of anilines is 1. The number of furan rings is 1. The highest BCUT2D eigenvalue weighted by Gasteiger charge is 2.16. The first-order valence-electron chi connectivity index (χ1n) is 6.73. The van der Waals surface area contributed by atoms with Crippen LogP contribution in [0.1, 0.15) is 5.56 Å². The highest BCUT2D eigenvalue weighted by atomic mass is 35.5. The highest BCUT2D eigenvalue weighted by molar-refractivity contribution is 6.31. The molecular formula is C16H11ClN2O4. The standard InChI is InChI=1S/C16H11ClN2O4/c17-11-5-6-15-12(8-11)10(9-23-15)7-16(20)18-13-3-1-2-4-14(13)19(21)22/h1-6,8-9H,7H2,(H,18,20). The number of carbonyl (C=O) groups excluding carboxylic acids is 1. The van der Waals surface area contributed by atoms with Crippen molar-refractivity contribution in [2.45, 2.75) is 6.42 Å². The molecule has 0 saturated carbocycles. The molecule has 0 aliphatic rings. The van der Waals surface area contributed by atoms with Crippen molar-refractivity contribution < 1.29 is 14.1 Å². The first-order valence-corrected chi connectivity index (χ1v) is 7.11. The van der Waals surface area contributed by atoms with Crippen molar-refractivity contribution in [2.75, 3.05) is 5.32 Å². The molecule has 0 saturated heterocycles. The van der Waals surface area contributed by atoms with Crippen molar-refractivity contribution in [3.63, 3.8) is 0 Å². The number of fused-ring (bicyclic) bond motifs is 1. The SMILES string of the molecule is O=C(Cc1coc2ccc(Cl)cc12)Nc1ccccc1[N+](=O)[O-]. The van der Waals surface area contributed by atoms with Crippen molar-refractivity contribution >= 4 is 39.9 Å². The fourth-order valence-electron chi connectivity index (χ4n) is 2.30. The Hall–Kier alpha value is -2.86. The lowest BCUT2D eigenvalue weighted by atomic mass is 10.1. The normalized spacial score (nSPS) is 10.7. The van der Waals surface area contributed by atoms with E-state index in [1.165, 1.54) is 18.4 Å². The molecule has 0 unspecified atom stereocenters. The van der Waals surface area contributed by atoms with E-state index in [2.05, 4.69) is 5.32 Å². The van der Waals surface area contributed by atoms with Gasteiger partial charge in [-0.05, 0) is 24.3 Å². The van der Waals surface area contributed by atoms with Gasteiger partial charge in [0.05, 0.1) is 17.6 Å². The van der Waals surface area contributed by atoms with Crippen LogP contribution in [0.3, 0.4) is 0 Å². The van der Waals surface area contributed by atoms with E-state index in [4.69, 9.17) is 16.0 Å². The molecule has 116 valence electrons. The number of amides is 1. The number of benzene rings is 2. The smallest absolute Gasteiger partial charge is 0.292 e. The Kier molecular flexibility index (Phi) is 3.99. The van der Waals surface area contributed by atoms with E-state index < -0.39 is 4.92 Å². The molecule has 0 aliphatic heterocycles. The minimum Gasteiger partial charge on any atom is -0.464 e. The van der Waals surface area contributed by atoms with Gasteiger partial charge in [-0.15, -0.1) is 0 Å². The van der Waals surface area contributed by atoms with Gasteiger partial charge in [0.15, 0.2) is 0 Å². The van der Waals surface area contributed by atoms with Gasteiger partial charge in [0.1, 0.15) is 11.3 Å². The molecule has 1 heterocycles. The second-order valence-corrected chi connectivity index (χ2v) is 5.34. The number of rotatable bonds is 4. The molecule has 2 aromatic carbocycles. The van der Waals surface area contributed by atoms with Crippen LogP contribution in [-0.2, 0) is 11.2 Å². The second-order valence-electron chi connectivity index (χ2n) is 4.90. The summed E-state index contributed by atoms with van der Waals surface area (Å²) in [4.78, 5) is 22.6. The predicted molar refractivity (Wildman–Crippen MR) is 86.7 cm³/mol. The molecule has 0 atom stereocenters. The molecule has 1 aromatic heterocycles. The lowest BCUT2D eigenvalue weighted by molar-refractivity contribution is -0.383. The van der Waals surface area contributed by atoms with Gasteiger partial charge in [-0.1, -0.05) is 23.7 Å². The van der Waals surface area contributed by atoms with Gasteiger partial charge in [0, 0.05) is 22.0 Å². The van der Waals surface area contributed by atoms with Gasteiger partial charge in [-0.3, -0.25) is 14.9 Å². The third-order valence-corrected chi connectivity index (χ3v) is 3.58.